The van der Waals surface area contributed by atoms with E-state index in [1.807, 2.05) is 0 Å². The van der Waals surface area contributed by atoms with Crippen molar-refractivity contribution >= 4 is 21.9 Å². The van der Waals surface area contributed by atoms with E-state index >= 15 is 0 Å². The van der Waals surface area contributed by atoms with Crippen LogP contribution in [0.1, 0.15) is 45.0 Å². The number of carbonyl (C=O) groups excluding carboxylic acids is 2. The highest BCUT2D eigenvalue weighted by Gasteiger charge is 2.26. The fourth-order valence-electron chi connectivity index (χ4n) is 2.21. The second kappa shape index (κ2) is 9.09. The van der Waals surface area contributed by atoms with Gasteiger partial charge in [0.15, 0.2) is 6.10 Å². The molecule has 1 N–H and O–H groups in total. The highest BCUT2D eigenvalue weighted by Crippen LogP contribution is 2.20. The summed E-state index contributed by atoms with van der Waals surface area (Å²) in [5.74, 6) is -2.56. The highest BCUT2D eigenvalue weighted by molar-refractivity contribution is 7.89. The minimum Gasteiger partial charge on any atom is -0.449 e. The van der Waals surface area contributed by atoms with Crippen LogP contribution in [0.4, 0.5) is 4.39 Å². The molecular formula is C17H25FN2O5S. The molecule has 7 nitrogen and oxygen atoms in total. The number of halogens is 1. The van der Waals surface area contributed by atoms with Gasteiger partial charge in [-0.2, -0.15) is 4.31 Å². The summed E-state index contributed by atoms with van der Waals surface area (Å²) in [5, 5.41) is 2.57. The Morgan fingerprint density at radius 2 is 1.77 bits per heavy atom. The lowest BCUT2D eigenvalue weighted by atomic mass is 10.2. The zero-order chi connectivity index (χ0) is 20.1. The molecule has 0 aliphatic heterocycles. The Labute approximate surface area is 153 Å². The molecule has 1 aromatic carbocycles. The number of nitrogens with one attached hydrogen (secondary N) is 1. The Morgan fingerprint density at radius 1 is 1.19 bits per heavy atom. The molecule has 0 aromatic heterocycles. The molecule has 0 bridgehead atoms. The molecule has 0 heterocycles. The Balaban J connectivity index is 3.11. The van der Waals surface area contributed by atoms with Crippen molar-refractivity contribution in [3.63, 3.8) is 0 Å². The van der Waals surface area contributed by atoms with Gasteiger partial charge < -0.3 is 10.1 Å². The molecule has 0 spiro atoms. The summed E-state index contributed by atoms with van der Waals surface area (Å²) in [5.41, 5.74) is -0.539. The Hall–Kier alpha value is -2.00. The number of esters is 1. The van der Waals surface area contributed by atoms with Crippen LogP contribution in [0.25, 0.3) is 0 Å². The Kier molecular flexibility index (Phi) is 7.70. The summed E-state index contributed by atoms with van der Waals surface area (Å²) in [7, 11) is -3.86. The Morgan fingerprint density at radius 3 is 2.27 bits per heavy atom. The zero-order valence-electron chi connectivity index (χ0n) is 15.6. The van der Waals surface area contributed by atoms with Crippen LogP contribution in [0.3, 0.4) is 0 Å². The minimum atomic E-state index is -3.86. The minimum absolute atomic E-state index is 0.150. The van der Waals surface area contributed by atoms with Crippen molar-refractivity contribution in [3.05, 3.63) is 29.6 Å². The van der Waals surface area contributed by atoms with Crippen molar-refractivity contribution < 1.29 is 27.1 Å². The summed E-state index contributed by atoms with van der Waals surface area (Å²) in [6.45, 7) is 8.67. The topological polar surface area (TPSA) is 92.8 Å². The molecule has 0 radical (unpaired) electrons. The van der Waals surface area contributed by atoms with Gasteiger partial charge in [-0.15, -0.1) is 0 Å². The number of hydrogen-bond acceptors (Lipinski definition) is 5. The monoisotopic (exact) mass is 388 g/mol. The molecule has 1 rings (SSSR count). The van der Waals surface area contributed by atoms with Crippen molar-refractivity contribution in [2.24, 2.45) is 0 Å². The van der Waals surface area contributed by atoms with Crippen LogP contribution in [0, 0.1) is 5.82 Å². The summed E-state index contributed by atoms with van der Waals surface area (Å²) >= 11 is 0. The van der Waals surface area contributed by atoms with E-state index in [1.54, 1.807) is 27.7 Å². The molecule has 26 heavy (non-hydrogen) atoms. The Bertz CT molecular complexity index is 760. The van der Waals surface area contributed by atoms with Crippen molar-refractivity contribution in [2.45, 2.75) is 51.7 Å². The molecule has 0 aliphatic carbocycles. The molecule has 1 unspecified atom stereocenters. The predicted octanol–water partition coefficient (Wildman–Crippen LogP) is 1.93. The van der Waals surface area contributed by atoms with Gasteiger partial charge in [-0.05, 0) is 39.0 Å². The van der Waals surface area contributed by atoms with Gasteiger partial charge in [0.1, 0.15) is 5.82 Å². The van der Waals surface area contributed by atoms with E-state index in [0.717, 1.165) is 18.2 Å². The second-order valence-corrected chi connectivity index (χ2v) is 7.88. The first-order chi connectivity index (χ1) is 12.0. The fraction of sp³-hybridized carbons (Fsp3) is 0.529. The maximum atomic E-state index is 14.0. The normalized spacial score (nSPS) is 12.9. The first-order valence-electron chi connectivity index (χ1n) is 8.35. The number of ether oxygens (including phenoxy) is 1. The van der Waals surface area contributed by atoms with E-state index in [-0.39, 0.29) is 24.0 Å². The third kappa shape index (κ3) is 5.25. The van der Waals surface area contributed by atoms with E-state index in [4.69, 9.17) is 4.74 Å². The highest BCUT2D eigenvalue weighted by atomic mass is 32.2. The van der Waals surface area contributed by atoms with Gasteiger partial charge in [0.25, 0.3) is 5.91 Å². The van der Waals surface area contributed by atoms with Crippen molar-refractivity contribution in [1.29, 1.82) is 0 Å². The number of amides is 1. The van der Waals surface area contributed by atoms with Gasteiger partial charge in [-0.1, -0.05) is 13.8 Å². The van der Waals surface area contributed by atoms with Gasteiger partial charge in [0, 0.05) is 19.1 Å². The third-order valence-electron chi connectivity index (χ3n) is 3.58. The molecule has 0 saturated carbocycles. The van der Waals surface area contributed by atoms with Crippen LogP contribution >= 0.6 is 0 Å². The molecule has 1 amide bonds. The van der Waals surface area contributed by atoms with Gasteiger partial charge in [0.05, 0.1) is 10.5 Å². The predicted molar refractivity (Wildman–Crippen MR) is 94.7 cm³/mol. The van der Waals surface area contributed by atoms with E-state index in [2.05, 4.69) is 5.32 Å². The van der Waals surface area contributed by atoms with E-state index < -0.39 is 39.4 Å². The number of benzene rings is 1. The molecular weight excluding hydrogens is 363 g/mol. The van der Waals surface area contributed by atoms with Crippen LogP contribution in [-0.2, 0) is 19.6 Å². The molecule has 1 aromatic rings. The van der Waals surface area contributed by atoms with Crippen molar-refractivity contribution in [2.75, 3.05) is 13.1 Å². The second-order valence-electron chi connectivity index (χ2n) is 5.94. The summed E-state index contributed by atoms with van der Waals surface area (Å²) in [6.07, 6.45) is -1.15. The lowest BCUT2D eigenvalue weighted by Gasteiger charge is -2.19. The van der Waals surface area contributed by atoms with Crippen LogP contribution in [-0.4, -0.2) is 49.8 Å². The largest absolute Gasteiger partial charge is 0.449 e. The maximum Gasteiger partial charge on any atom is 0.341 e. The summed E-state index contributed by atoms with van der Waals surface area (Å²) in [6, 6.07) is 2.77. The van der Waals surface area contributed by atoms with Gasteiger partial charge in [-0.25, -0.2) is 17.6 Å². The maximum absolute atomic E-state index is 14.0. The zero-order valence-corrected chi connectivity index (χ0v) is 16.4. The van der Waals surface area contributed by atoms with Crippen LogP contribution in [0.5, 0.6) is 0 Å². The SMILES string of the molecule is CCN(CC)S(=O)(=O)c1ccc(F)c(C(=O)OC(C)C(=O)NC(C)C)c1. The summed E-state index contributed by atoms with van der Waals surface area (Å²) in [4.78, 5) is 23.8. The van der Waals surface area contributed by atoms with E-state index in [1.165, 1.54) is 11.2 Å². The van der Waals surface area contributed by atoms with Crippen LogP contribution in [0.2, 0.25) is 0 Å². The van der Waals surface area contributed by atoms with Crippen molar-refractivity contribution in [1.82, 2.24) is 9.62 Å². The lowest BCUT2D eigenvalue weighted by Crippen LogP contribution is -2.39. The number of nitrogens with zero attached hydrogens (tertiary/aromatic N) is 1. The van der Waals surface area contributed by atoms with E-state index in [0.29, 0.717) is 0 Å². The molecule has 0 aliphatic rings. The lowest BCUT2D eigenvalue weighted by molar-refractivity contribution is -0.129. The van der Waals surface area contributed by atoms with Crippen LogP contribution in [0.15, 0.2) is 23.1 Å². The van der Waals surface area contributed by atoms with Crippen LogP contribution < -0.4 is 5.32 Å². The third-order valence-corrected chi connectivity index (χ3v) is 5.63. The standard InChI is InChI=1S/C17H25FN2O5S/c1-6-20(7-2)26(23,24)13-8-9-15(18)14(10-13)17(22)25-12(5)16(21)19-11(3)4/h8-12H,6-7H2,1-5H3,(H,19,21). The van der Waals surface area contributed by atoms with Gasteiger partial charge >= 0.3 is 5.97 Å². The quantitative estimate of drug-likeness (QED) is 0.687. The molecule has 1 atom stereocenters. The average Bonchev–Trinajstić information content (AvgIpc) is 2.55. The van der Waals surface area contributed by atoms with E-state index in [9.17, 15) is 22.4 Å². The number of hydrogen-bond donors (Lipinski definition) is 1. The molecule has 0 fully saturated rings. The van der Waals surface area contributed by atoms with Crippen molar-refractivity contribution in [3.8, 4) is 0 Å². The first kappa shape index (κ1) is 22.0. The number of rotatable bonds is 8. The molecule has 0 saturated heterocycles. The smallest absolute Gasteiger partial charge is 0.341 e. The first-order valence-corrected chi connectivity index (χ1v) is 9.79. The number of sulfonamides is 1. The average molecular weight is 388 g/mol. The molecule has 9 heteroatoms. The fourth-order valence-corrected chi connectivity index (χ4v) is 3.70. The van der Waals surface area contributed by atoms with Gasteiger partial charge in [-0.3, -0.25) is 4.79 Å². The summed E-state index contributed by atoms with van der Waals surface area (Å²) < 4.78 is 45.2. The number of carbonyl (C=O) groups is 2. The van der Waals surface area contributed by atoms with Gasteiger partial charge in [0.2, 0.25) is 10.0 Å². The molecule has 146 valence electrons.